The molecular formula is C30H49ClN6O2. The van der Waals surface area contributed by atoms with Crippen molar-refractivity contribution in [1.29, 1.82) is 0 Å². The van der Waals surface area contributed by atoms with Crippen LogP contribution < -0.4 is 16.4 Å². The number of urea groups is 1. The lowest BCUT2D eigenvalue weighted by molar-refractivity contribution is -0.135. The topological polar surface area (TPSA) is 93.9 Å². The maximum absolute atomic E-state index is 13.9. The van der Waals surface area contributed by atoms with Crippen molar-refractivity contribution in [3.05, 3.63) is 34.9 Å². The van der Waals surface area contributed by atoms with E-state index < -0.39 is 0 Å². The first-order chi connectivity index (χ1) is 18.9. The van der Waals surface area contributed by atoms with Gasteiger partial charge >= 0.3 is 6.03 Å². The van der Waals surface area contributed by atoms with Crippen LogP contribution >= 0.6 is 11.6 Å². The van der Waals surface area contributed by atoms with E-state index in [-0.39, 0.29) is 36.1 Å². The third kappa shape index (κ3) is 8.09. The number of carbonyl (C=O) groups is 2. The number of benzene rings is 1. The van der Waals surface area contributed by atoms with Crippen LogP contribution in [0.5, 0.6) is 0 Å². The minimum absolute atomic E-state index is 0.162. The fourth-order valence-corrected chi connectivity index (χ4v) is 6.71. The van der Waals surface area contributed by atoms with E-state index in [9.17, 15) is 9.59 Å². The zero-order chi connectivity index (χ0) is 27.8. The maximum atomic E-state index is 13.9. The Morgan fingerprint density at radius 1 is 0.974 bits per heavy atom. The van der Waals surface area contributed by atoms with Gasteiger partial charge in [0.25, 0.3) is 0 Å². The third-order valence-electron chi connectivity index (χ3n) is 8.99. The molecule has 218 valence electrons. The highest BCUT2D eigenvalue weighted by molar-refractivity contribution is 6.30. The summed E-state index contributed by atoms with van der Waals surface area (Å²) >= 11 is 6.12. The van der Waals surface area contributed by atoms with E-state index in [1.807, 2.05) is 34.1 Å². The van der Waals surface area contributed by atoms with Gasteiger partial charge in [-0.25, -0.2) is 4.79 Å². The van der Waals surface area contributed by atoms with Crippen molar-refractivity contribution in [2.75, 3.05) is 39.3 Å². The molecule has 3 aliphatic rings. The second kappa shape index (κ2) is 14.7. The summed E-state index contributed by atoms with van der Waals surface area (Å²) in [5.74, 6) is 0.168. The molecule has 4 rings (SSSR count). The lowest BCUT2D eigenvalue weighted by Gasteiger charge is -2.45. The molecule has 2 saturated heterocycles. The normalized spacial score (nSPS) is 23.8. The van der Waals surface area contributed by atoms with Crippen LogP contribution in [0, 0.1) is 0 Å². The van der Waals surface area contributed by atoms with Crippen LogP contribution in [0.1, 0.15) is 70.8 Å². The molecule has 0 unspecified atom stereocenters. The first-order valence-electron chi connectivity index (χ1n) is 15.2. The van der Waals surface area contributed by atoms with Gasteiger partial charge in [0.05, 0.1) is 6.04 Å². The van der Waals surface area contributed by atoms with Crippen molar-refractivity contribution in [1.82, 2.24) is 25.3 Å². The highest BCUT2D eigenvalue weighted by Crippen LogP contribution is 2.26. The molecular weight excluding hydrogens is 512 g/mol. The lowest BCUT2D eigenvalue weighted by atomic mass is 9.90. The largest absolute Gasteiger partial charge is 0.341 e. The molecule has 8 nitrogen and oxygen atoms in total. The highest BCUT2D eigenvalue weighted by Gasteiger charge is 2.37. The van der Waals surface area contributed by atoms with Crippen LogP contribution in [0.25, 0.3) is 0 Å². The first-order valence-corrected chi connectivity index (χ1v) is 15.6. The molecule has 3 amide bonds. The van der Waals surface area contributed by atoms with Gasteiger partial charge in [0.1, 0.15) is 0 Å². The van der Waals surface area contributed by atoms with Gasteiger partial charge in [-0.2, -0.15) is 0 Å². The Balaban J connectivity index is 1.43. The summed E-state index contributed by atoms with van der Waals surface area (Å²) in [6.45, 7) is 8.82. The summed E-state index contributed by atoms with van der Waals surface area (Å²) in [7, 11) is 0. The van der Waals surface area contributed by atoms with Gasteiger partial charge in [0.15, 0.2) is 0 Å². The monoisotopic (exact) mass is 560 g/mol. The number of nitrogens with zero attached hydrogens (tertiary/aromatic N) is 3. The Hall–Kier alpha value is -1.87. The Morgan fingerprint density at radius 2 is 1.56 bits per heavy atom. The molecule has 0 spiro atoms. The van der Waals surface area contributed by atoms with E-state index in [2.05, 4.69) is 29.4 Å². The fourth-order valence-electron chi connectivity index (χ4n) is 6.58. The number of likely N-dealkylation sites (tertiary alicyclic amines) is 1. The van der Waals surface area contributed by atoms with Crippen molar-refractivity contribution in [3.63, 3.8) is 0 Å². The molecule has 1 aromatic carbocycles. The van der Waals surface area contributed by atoms with Crippen LogP contribution in [-0.4, -0.2) is 96.1 Å². The standard InChI is InChI=1S/C30H49ClN6O2/c1-3-35(4-2)30(39)37(26-13-17-33-18-14-26)27-15-19-36(20-16-27)29(38)28(21-22-5-7-23(31)8-6-22)34-25-11-9-24(32)10-12-25/h5-8,24-28,33-34H,3-4,9-21,32H2,1-2H3/t24?,25?,28-/m1/s1. The van der Waals surface area contributed by atoms with Crippen molar-refractivity contribution < 1.29 is 9.59 Å². The lowest BCUT2D eigenvalue weighted by Crippen LogP contribution is -2.59. The summed E-state index contributed by atoms with van der Waals surface area (Å²) in [6.07, 6.45) is 8.28. The maximum Gasteiger partial charge on any atom is 0.320 e. The molecule has 0 aromatic heterocycles. The van der Waals surface area contributed by atoms with Crippen LogP contribution in [0.3, 0.4) is 0 Å². The molecule has 9 heteroatoms. The van der Waals surface area contributed by atoms with Crippen LogP contribution in [0.4, 0.5) is 4.79 Å². The number of nitrogens with two attached hydrogens (primary N) is 1. The summed E-state index contributed by atoms with van der Waals surface area (Å²) in [5.41, 5.74) is 7.25. The Bertz CT molecular complexity index is 905. The Labute approximate surface area is 240 Å². The zero-order valence-corrected chi connectivity index (χ0v) is 24.7. The summed E-state index contributed by atoms with van der Waals surface area (Å²) < 4.78 is 0. The SMILES string of the molecule is CCN(CC)C(=O)N(C1CCNCC1)C1CCN(C(=O)[C@@H](Cc2ccc(Cl)cc2)NC2CCC(N)CC2)CC1. The van der Waals surface area contributed by atoms with Gasteiger partial charge in [-0.1, -0.05) is 23.7 Å². The molecule has 39 heavy (non-hydrogen) atoms. The molecule has 4 N–H and O–H groups in total. The Kier molecular flexibility index (Phi) is 11.3. The van der Waals surface area contributed by atoms with Gasteiger partial charge in [-0.15, -0.1) is 0 Å². The number of rotatable bonds is 9. The summed E-state index contributed by atoms with van der Waals surface area (Å²) in [4.78, 5) is 33.7. The van der Waals surface area contributed by atoms with E-state index in [0.29, 0.717) is 30.6 Å². The zero-order valence-electron chi connectivity index (χ0n) is 23.9. The molecule has 0 bridgehead atoms. The minimum Gasteiger partial charge on any atom is -0.341 e. The molecule has 1 atom stereocenters. The van der Waals surface area contributed by atoms with E-state index in [1.54, 1.807) is 0 Å². The number of carbonyl (C=O) groups excluding carboxylic acids is 2. The van der Waals surface area contributed by atoms with Crippen LogP contribution in [0.2, 0.25) is 5.02 Å². The third-order valence-corrected chi connectivity index (χ3v) is 9.24. The molecule has 2 aliphatic heterocycles. The number of piperidine rings is 2. The van der Waals surface area contributed by atoms with E-state index in [4.69, 9.17) is 17.3 Å². The van der Waals surface area contributed by atoms with Crippen molar-refractivity contribution >= 4 is 23.5 Å². The van der Waals surface area contributed by atoms with Gasteiger partial charge < -0.3 is 31.1 Å². The van der Waals surface area contributed by atoms with Gasteiger partial charge in [0.2, 0.25) is 5.91 Å². The van der Waals surface area contributed by atoms with Gasteiger partial charge in [0, 0.05) is 55.4 Å². The molecule has 2 heterocycles. The average molecular weight is 561 g/mol. The number of hydrogen-bond acceptors (Lipinski definition) is 5. The number of nitrogens with one attached hydrogen (secondary N) is 2. The van der Waals surface area contributed by atoms with Gasteiger partial charge in [-0.05, 0) is 102 Å². The highest BCUT2D eigenvalue weighted by atomic mass is 35.5. The predicted molar refractivity (Wildman–Crippen MR) is 158 cm³/mol. The fraction of sp³-hybridized carbons (Fsp3) is 0.733. The summed E-state index contributed by atoms with van der Waals surface area (Å²) in [6, 6.07) is 8.73. The number of hydrogen-bond donors (Lipinski definition) is 3. The van der Waals surface area contributed by atoms with Crippen molar-refractivity contribution in [2.24, 2.45) is 5.73 Å². The average Bonchev–Trinajstić information content (AvgIpc) is 2.96. The molecule has 1 saturated carbocycles. The summed E-state index contributed by atoms with van der Waals surface area (Å²) in [5, 5.41) is 7.85. The van der Waals surface area contributed by atoms with E-state index in [0.717, 1.165) is 83.1 Å². The number of halogens is 1. The first kappa shape index (κ1) is 30.1. The van der Waals surface area contributed by atoms with Crippen molar-refractivity contribution in [3.8, 4) is 0 Å². The quantitative estimate of drug-likeness (QED) is 0.429. The molecule has 3 fully saturated rings. The molecule has 0 radical (unpaired) electrons. The van der Waals surface area contributed by atoms with Crippen LogP contribution in [0.15, 0.2) is 24.3 Å². The van der Waals surface area contributed by atoms with Gasteiger partial charge in [-0.3, -0.25) is 4.79 Å². The number of amides is 3. The smallest absolute Gasteiger partial charge is 0.320 e. The second-order valence-electron chi connectivity index (χ2n) is 11.6. The van der Waals surface area contributed by atoms with E-state index >= 15 is 0 Å². The molecule has 1 aromatic rings. The predicted octanol–water partition coefficient (Wildman–Crippen LogP) is 3.62. The molecule has 1 aliphatic carbocycles. The minimum atomic E-state index is -0.278. The second-order valence-corrected chi connectivity index (χ2v) is 12.0. The van der Waals surface area contributed by atoms with E-state index in [1.165, 1.54) is 0 Å². The van der Waals surface area contributed by atoms with Crippen molar-refractivity contribution in [2.45, 2.75) is 102 Å². The Morgan fingerprint density at radius 3 is 2.15 bits per heavy atom. The van der Waals surface area contributed by atoms with Crippen LogP contribution in [-0.2, 0) is 11.2 Å².